The van der Waals surface area contributed by atoms with E-state index in [1.165, 1.54) is 18.3 Å². The monoisotopic (exact) mass is 352 g/mol. The Morgan fingerprint density at radius 2 is 1.90 bits per heavy atom. The van der Waals surface area contributed by atoms with E-state index in [2.05, 4.69) is 20.9 Å². The van der Waals surface area contributed by atoms with Gasteiger partial charge in [-0.1, -0.05) is 0 Å². The normalized spacial score (nSPS) is 13.8. The first kappa shape index (κ1) is 13.8. The maximum Gasteiger partial charge on any atom is 0.299 e. The lowest BCUT2D eigenvalue weighted by molar-refractivity contribution is -0.114. The summed E-state index contributed by atoms with van der Waals surface area (Å²) in [5.41, 5.74) is 0.708. The number of aromatic nitrogens is 1. The van der Waals surface area contributed by atoms with Crippen molar-refractivity contribution in [1.82, 2.24) is 4.98 Å². The Balaban J connectivity index is 2.03. The van der Waals surface area contributed by atoms with Crippen LogP contribution in [0.5, 0.6) is 0 Å². The summed E-state index contributed by atoms with van der Waals surface area (Å²) < 4.78 is 26.9. The standard InChI is InChI=1S/C14H7BrF2N2O2/c15-10-2-9-12(3-11(10)17)19(14(21)13(9)20)6-7-1-8(16)5-18-4-7/h1-5H,6H2. The number of hydrogen-bond donors (Lipinski definition) is 0. The second kappa shape index (κ2) is 5.00. The first-order valence-electron chi connectivity index (χ1n) is 5.92. The van der Waals surface area contributed by atoms with E-state index in [0.717, 1.165) is 17.2 Å². The van der Waals surface area contributed by atoms with E-state index in [0.29, 0.717) is 5.56 Å². The average Bonchev–Trinajstić information content (AvgIpc) is 2.65. The van der Waals surface area contributed by atoms with Crippen LogP contribution in [0.1, 0.15) is 15.9 Å². The molecule has 1 aromatic carbocycles. The number of nitrogens with zero attached hydrogens (tertiary/aromatic N) is 2. The Morgan fingerprint density at radius 1 is 1.14 bits per heavy atom. The van der Waals surface area contributed by atoms with Gasteiger partial charge in [-0.3, -0.25) is 14.6 Å². The van der Waals surface area contributed by atoms with Crippen molar-refractivity contribution < 1.29 is 18.4 Å². The molecule has 0 spiro atoms. The number of Topliss-reactive ketones (excluding diaryl/α,β-unsaturated/α-hetero) is 1. The predicted molar refractivity (Wildman–Crippen MR) is 73.8 cm³/mol. The zero-order chi connectivity index (χ0) is 15.1. The summed E-state index contributed by atoms with van der Waals surface area (Å²) in [4.78, 5) is 28.7. The highest BCUT2D eigenvalue weighted by Crippen LogP contribution is 2.34. The number of amides is 1. The van der Waals surface area contributed by atoms with E-state index in [1.54, 1.807) is 0 Å². The number of hydrogen-bond acceptors (Lipinski definition) is 3. The molecule has 0 radical (unpaired) electrons. The van der Waals surface area contributed by atoms with Crippen LogP contribution in [-0.4, -0.2) is 16.7 Å². The summed E-state index contributed by atoms with van der Waals surface area (Å²) in [6.07, 6.45) is 2.42. The van der Waals surface area contributed by atoms with Crippen LogP contribution in [0.25, 0.3) is 0 Å². The van der Waals surface area contributed by atoms with E-state index in [-0.39, 0.29) is 22.3 Å². The molecule has 106 valence electrons. The number of fused-ring (bicyclic) bond motifs is 1. The number of rotatable bonds is 2. The quantitative estimate of drug-likeness (QED) is 0.781. The molecular formula is C14H7BrF2N2O2. The molecule has 0 atom stereocenters. The average molecular weight is 353 g/mol. The molecule has 0 saturated heterocycles. The van der Waals surface area contributed by atoms with Crippen LogP contribution in [-0.2, 0) is 11.3 Å². The number of carbonyl (C=O) groups is 2. The Hall–Kier alpha value is -2.15. The molecular weight excluding hydrogens is 346 g/mol. The molecule has 1 aliphatic rings. The third-order valence-corrected chi connectivity index (χ3v) is 3.72. The van der Waals surface area contributed by atoms with E-state index >= 15 is 0 Å². The second-order valence-electron chi connectivity index (χ2n) is 4.52. The first-order chi connectivity index (χ1) is 9.97. The minimum absolute atomic E-state index is 0.0522. The van der Waals surface area contributed by atoms with Crippen LogP contribution in [0.2, 0.25) is 0 Å². The molecule has 4 nitrogen and oxygen atoms in total. The van der Waals surface area contributed by atoms with Gasteiger partial charge in [0.25, 0.3) is 11.7 Å². The van der Waals surface area contributed by atoms with Gasteiger partial charge in [0.15, 0.2) is 0 Å². The summed E-state index contributed by atoms with van der Waals surface area (Å²) in [5.74, 6) is -2.62. The lowest BCUT2D eigenvalue weighted by Gasteiger charge is -2.16. The van der Waals surface area contributed by atoms with E-state index in [4.69, 9.17) is 0 Å². The highest BCUT2D eigenvalue weighted by Gasteiger charge is 2.36. The summed E-state index contributed by atoms with van der Waals surface area (Å²) in [6, 6.07) is 3.58. The Kier molecular flexibility index (Phi) is 3.29. The number of carbonyl (C=O) groups excluding carboxylic acids is 2. The fraction of sp³-hybridized carbons (Fsp3) is 0.0714. The van der Waals surface area contributed by atoms with Gasteiger partial charge in [0.1, 0.15) is 11.6 Å². The van der Waals surface area contributed by atoms with Crippen molar-refractivity contribution in [1.29, 1.82) is 0 Å². The van der Waals surface area contributed by atoms with Crippen molar-refractivity contribution in [2.75, 3.05) is 4.90 Å². The molecule has 3 rings (SSSR count). The van der Waals surface area contributed by atoms with Crippen LogP contribution < -0.4 is 4.90 Å². The molecule has 1 aliphatic heterocycles. The highest BCUT2D eigenvalue weighted by molar-refractivity contribution is 9.10. The SMILES string of the molecule is O=C1C(=O)N(Cc2cncc(F)c2)c2cc(F)c(Br)cc21. The van der Waals surface area contributed by atoms with Crippen LogP contribution in [0, 0.1) is 11.6 Å². The summed E-state index contributed by atoms with van der Waals surface area (Å²) in [6.45, 7) is -0.0522. The van der Waals surface area contributed by atoms with Crippen LogP contribution in [0.3, 0.4) is 0 Å². The minimum Gasteiger partial charge on any atom is -0.300 e. The number of pyridine rings is 1. The van der Waals surface area contributed by atoms with Gasteiger partial charge in [-0.15, -0.1) is 0 Å². The lowest BCUT2D eigenvalue weighted by atomic mass is 10.1. The number of benzene rings is 1. The van der Waals surface area contributed by atoms with E-state index in [9.17, 15) is 18.4 Å². The summed E-state index contributed by atoms with van der Waals surface area (Å²) >= 11 is 2.98. The highest BCUT2D eigenvalue weighted by atomic mass is 79.9. The summed E-state index contributed by atoms with van der Waals surface area (Å²) in [5, 5.41) is 0. The maximum atomic E-state index is 13.6. The Morgan fingerprint density at radius 3 is 2.62 bits per heavy atom. The number of ketones is 1. The van der Waals surface area contributed by atoms with Crippen molar-refractivity contribution in [2.24, 2.45) is 0 Å². The topological polar surface area (TPSA) is 50.3 Å². The minimum atomic E-state index is -0.772. The van der Waals surface area contributed by atoms with Gasteiger partial charge in [-0.05, 0) is 39.7 Å². The molecule has 7 heteroatoms. The molecule has 21 heavy (non-hydrogen) atoms. The lowest BCUT2D eigenvalue weighted by Crippen LogP contribution is -2.29. The van der Waals surface area contributed by atoms with Gasteiger partial charge < -0.3 is 4.90 Å². The van der Waals surface area contributed by atoms with Gasteiger partial charge in [-0.2, -0.15) is 0 Å². The predicted octanol–water partition coefficient (Wildman–Crippen LogP) is 2.85. The third-order valence-electron chi connectivity index (χ3n) is 3.12. The van der Waals surface area contributed by atoms with Crippen molar-refractivity contribution in [3.63, 3.8) is 0 Å². The molecule has 0 saturated carbocycles. The molecule has 0 N–H and O–H groups in total. The molecule has 1 aromatic heterocycles. The molecule has 2 heterocycles. The largest absolute Gasteiger partial charge is 0.300 e. The van der Waals surface area contributed by atoms with E-state index in [1.807, 2.05) is 0 Å². The molecule has 2 aromatic rings. The van der Waals surface area contributed by atoms with Crippen LogP contribution in [0.15, 0.2) is 35.1 Å². The van der Waals surface area contributed by atoms with Crippen LogP contribution >= 0.6 is 15.9 Å². The molecule has 0 bridgehead atoms. The van der Waals surface area contributed by atoms with E-state index < -0.39 is 23.3 Å². The fourth-order valence-corrected chi connectivity index (χ4v) is 2.51. The Bertz CT molecular complexity index is 780. The van der Waals surface area contributed by atoms with Gasteiger partial charge in [-0.25, -0.2) is 8.78 Å². The maximum absolute atomic E-state index is 13.6. The second-order valence-corrected chi connectivity index (χ2v) is 5.37. The van der Waals surface area contributed by atoms with Crippen molar-refractivity contribution in [2.45, 2.75) is 6.54 Å². The zero-order valence-corrected chi connectivity index (χ0v) is 12.0. The Labute approximate surface area is 126 Å². The zero-order valence-electron chi connectivity index (χ0n) is 10.4. The van der Waals surface area contributed by atoms with Crippen molar-refractivity contribution >= 4 is 33.3 Å². The molecule has 0 aliphatic carbocycles. The van der Waals surface area contributed by atoms with Crippen LogP contribution in [0.4, 0.5) is 14.5 Å². The first-order valence-corrected chi connectivity index (χ1v) is 6.71. The molecule has 1 amide bonds. The van der Waals surface area contributed by atoms with Crippen molar-refractivity contribution in [3.8, 4) is 0 Å². The van der Waals surface area contributed by atoms with Gasteiger partial charge in [0.05, 0.1) is 28.5 Å². The van der Waals surface area contributed by atoms with Gasteiger partial charge in [0, 0.05) is 6.20 Å². The smallest absolute Gasteiger partial charge is 0.299 e. The number of anilines is 1. The molecule has 0 unspecified atom stereocenters. The third kappa shape index (κ3) is 2.33. The fourth-order valence-electron chi connectivity index (χ4n) is 2.17. The molecule has 0 fully saturated rings. The van der Waals surface area contributed by atoms with Gasteiger partial charge in [0.2, 0.25) is 0 Å². The van der Waals surface area contributed by atoms with Gasteiger partial charge >= 0.3 is 0 Å². The number of halogens is 3. The van der Waals surface area contributed by atoms with Crippen molar-refractivity contribution in [3.05, 3.63) is 57.8 Å². The summed E-state index contributed by atoms with van der Waals surface area (Å²) in [7, 11) is 0.